The highest BCUT2D eigenvalue weighted by Crippen LogP contribution is 2.22. The molecule has 1 aromatic carbocycles. The van der Waals surface area contributed by atoms with Crippen LogP contribution in [-0.4, -0.2) is 25.6 Å². The molecule has 0 radical (unpaired) electrons. The van der Waals surface area contributed by atoms with E-state index in [1.54, 1.807) is 7.11 Å². The summed E-state index contributed by atoms with van der Waals surface area (Å²) in [5, 5.41) is 6.06. The van der Waals surface area contributed by atoms with Crippen molar-refractivity contribution >= 4 is 11.6 Å². The zero-order valence-corrected chi connectivity index (χ0v) is 12.2. The molecule has 0 saturated carbocycles. The number of amides is 1. The number of nitrogens with one attached hydrogen (secondary N) is 2. The number of carbonyl (C=O) groups is 1. The van der Waals surface area contributed by atoms with Gasteiger partial charge in [0.2, 0.25) is 5.91 Å². The first kappa shape index (κ1) is 15.5. The van der Waals surface area contributed by atoms with Crippen LogP contribution in [0.15, 0.2) is 24.3 Å². The van der Waals surface area contributed by atoms with Gasteiger partial charge in [0.1, 0.15) is 5.75 Å². The fourth-order valence-corrected chi connectivity index (χ4v) is 2.00. The Morgan fingerprint density at radius 2 is 1.95 bits per heavy atom. The van der Waals surface area contributed by atoms with Crippen LogP contribution in [0.3, 0.4) is 0 Å². The molecule has 0 aliphatic heterocycles. The number of methoxy groups -OCH3 is 1. The molecule has 0 saturated heterocycles. The predicted octanol–water partition coefficient (Wildman–Crippen LogP) is 2.66. The summed E-state index contributed by atoms with van der Waals surface area (Å²) in [5.41, 5.74) is 0.702. The normalized spacial score (nSPS) is 12.3. The smallest absolute Gasteiger partial charge is 0.238 e. The minimum atomic E-state index is -0.0555. The number of ether oxygens (including phenoxy) is 1. The van der Waals surface area contributed by atoms with E-state index >= 15 is 0 Å². The summed E-state index contributed by atoms with van der Waals surface area (Å²) in [6, 6.07) is 7.73. The lowest BCUT2D eigenvalue weighted by molar-refractivity contribution is -0.115. The van der Waals surface area contributed by atoms with Gasteiger partial charge in [0.05, 0.1) is 19.3 Å². The average Bonchev–Trinajstić information content (AvgIpc) is 2.36. The van der Waals surface area contributed by atoms with Gasteiger partial charge in [-0.1, -0.05) is 26.0 Å². The third kappa shape index (κ3) is 5.75. The Hall–Kier alpha value is -1.55. The molecular formula is C15H24N2O2. The van der Waals surface area contributed by atoms with Gasteiger partial charge in [-0.15, -0.1) is 0 Å². The summed E-state index contributed by atoms with van der Waals surface area (Å²) >= 11 is 0. The number of anilines is 1. The van der Waals surface area contributed by atoms with Crippen molar-refractivity contribution in [1.82, 2.24) is 5.32 Å². The lowest BCUT2D eigenvalue weighted by atomic mass is 10.1. The summed E-state index contributed by atoms with van der Waals surface area (Å²) in [6.07, 6.45) is 1.06. The fraction of sp³-hybridized carbons (Fsp3) is 0.533. The number of hydrogen-bond donors (Lipinski definition) is 2. The van der Waals surface area contributed by atoms with Gasteiger partial charge >= 0.3 is 0 Å². The number of hydrogen-bond acceptors (Lipinski definition) is 3. The van der Waals surface area contributed by atoms with Gasteiger partial charge in [-0.05, 0) is 31.4 Å². The minimum Gasteiger partial charge on any atom is -0.495 e. The number of benzene rings is 1. The zero-order chi connectivity index (χ0) is 14.3. The molecular weight excluding hydrogens is 240 g/mol. The van der Waals surface area contributed by atoms with E-state index in [0.717, 1.165) is 6.42 Å². The molecule has 2 N–H and O–H groups in total. The van der Waals surface area contributed by atoms with Crippen molar-refractivity contribution in [3.05, 3.63) is 24.3 Å². The van der Waals surface area contributed by atoms with Crippen LogP contribution in [0.1, 0.15) is 27.2 Å². The van der Waals surface area contributed by atoms with E-state index in [-0.39, 0.29) is 5.91 Å². The molecule has 1 rings (SSSR count). The fourth-order valence-electron chi connectivity index (χ4n) is 2.00. The number of para-hydroxylation sites is 2. The third-order valence-electron chi connectivity index (χ3n) is 2.82. The summed E-state index contributed by atoms with van der Waals surface area (Å²) in [5.74, 6) is 1.24. The van der Waals surface area contributed by atoms with Gasteiger partial charge in [-0.2, -0.15) is 0 Å². The largest absolute Gasteiger partial charge is 0.495 e. The zero-order valence-electron chi connectivity index (χ0n) is 12.2. The number of rotatable bonds is 7. The molecule has 0 aliphatic carbocycles. The Morgan fingerprint density at radius 1 is 1.26 bits per heavy atom. The van der Waals surface area contributed by atoms with Gasteiger partial charge in [-0.25, -0.2) is 0 Å². The monoisotopic (exact) mass is 264 g/mol. The van der Waals surface area contributed by atoms with Crippen LogP contribution in [-0.2, 0) is 4.79 Å². The molecule has 0 fully saturated rings. The van der Waals surface area contributed by atoms with E-state index in [2.05, 4.69) is 31.4 Å². The SMILES string of the molecule is COc1ccccc1NC(=O)CNC(C)CC(C)C. The topological polar surface area (TPSA) is 50.4 Å². The van der Waals surface area contributed by atoms with E-state index in [4.69, 9.17) is 4.74 Å². The van der Waals surface area contributed by atoms with Crippen LogP contribution in [0.25, 0.3) is 0 Å². The maximum Gasteiger partial charge on any atom is 0.238 e. The molecule has 0 heterocycles. The van der Waals surface area contributed by atoms with Crippen LogP contribution in [0.2, 0.25) is 0 Å². The summed E-state index contributed by atoms with van der Waals surface area (Å²) in [7, 11) is 1.59. The highest BCUT2D eigenvalue weighted by atomic mass is 16.5. The molecule has 106 valence electrons. The first-order valence-electron chi connectivity index (χ1n) is 6.69. The van der Waals surface area contributed by atoms with Crippen molar-refractivity contribution in [2.45, 2.75) is 33.2 Å². The highest BCUT2D eigenvalue weighted by molar-refractivity contribution is 5.93. The van der Waals surface area contributed by atoms with E-state index < -0.39 is 0 Å². The Bertz CT molecular complexity index is 405. The van der Waals surface area contributed by atoms with E-state index in [1.165, 1.54) is 0 Å². The molecule has 0 aromatic heterocycles. The lowest BCUT2D eigenvalue weighted by Crippen LogP contribution is -2.35. The standard InChI is InChI=1S/C15H24N2O2/c1-11(2)9-12(3)16-10-15(18)17-13-7-5-6-8-14(13)19-4/h5-8,11-12,16H,9-10H2,1-4H3,(H,17,18). The van der Waals surface area contributed by atoms with Gasteiger partial charge < -0.3 is 15.4 Å². The van der Waals surface area contributed by atoms with Gasteiger partial charge in [0.25, 0.3) is 0 Å². The van der Waals surface area contributed by atoms with Gasteiger partial charge in [-0.3, -0.25) is 4.79 Å². The molecule has 1 atom stereocenters. The van der Waals surface area contributed by atoms with Crippen molar-refractivity contribution < 1.29 is 9.53 Å². The van der Waals surface area contributed by atoms with Crippen LogP contribution in [0, 0.1) is 5.92 Å². The molecule has 1 amide bonds. The quantitative estimate of drug-likeness (QED) is 0.796. The highest BCUT2D eigenvalue weighted by Gasteiger charge is 2.09. The first-order valence-corrected chi connectivity index (χ1v) is 6.69. The van der Waals surface area contributed by atoms with E-state index in [9.17, 15) is 4.79 Å². The third-order valence-corrected chi connectivity index (χ3v) is 2.82. The molecule has 0 aliphatic rings. The van der Waals surface area contributed by atoms with Crippen molar-refractivity contribution in [2.24, 2.45) is 5.92 Å². The van der Waals surface area contributed by atoms with Crippen LogP contribution in [0.5, 0.6) is 5.75 Å². The minimum absolute atomic E-state index is 0.0555. The first-order chi connectivity index (χ1) is 9.02. The lowest BCUT2D eigenvalue weighted by Gasteiger charge is -2.16. The second-order valence-corrected chi connectivity index (χ2v) is 5.16. The number of carbonyl (C=O) groups excluding carboxylic acids is 1. The summed E-state index contributed by atoms with van der Waals surface area (Å²) in [4.78, 5) is 11.8. The van der Waals surface area contributed by atoms with E-state index in [1.807, 2.05) is 24.3 Å². The van der Waals surface area contributed by atoms with Crippen molar-refractivity contribution in [3.8, 4) is 5.75 Å². The Morgan fingerprint density at radius 3 is 2.58 bits per heavy atom. The van der Waals surface area contributed by atoms with Crippen LogP contribution < -0.4 is 15.4 Å². The van der Waals surface area contributed by atoms with E-state index in [0.29, 0.717) is 29.9 Å². The predicted molar refractivity (Wildman–Crippen MR) is 78.5 cm³/mol. The van der Waals surface area contributed by atoms with Crippen molar-refractivity contribution in [2.75, 3.05) is 19.0 Å². The molecule has 4 heteroatoms. The molecule has 0 spiro atoms. The Balaban J connectivity index is 2.43. The summed E-state index contributed by atoms with van der Waals surface area (Å²) in [6.45, 7) is 6.75. The molecule has 1 aromatic rings. The van der Waals surface area contributed by atoms with Crippen LogP contribution in [0.4, 0.5) is 5.69 Å². The molecule has 0 bridgehead atoms. The average molecular weight is 264 g/mol. The van der Waals surface area contributed by atoms with Crippen molar-refractivity contribution in [3.63, 3.8) is 0 Å². The second-order valence-electron chi connectivity index (χ2n) is 5.16. The Kier molecular flexibility index (Phi) is 6.36. The second kappa shape index (κ2) is 7.79. The Labute approximate surface area is 115 Å². The summed E-state index contributed by atoms with van der Waals surface area (Å²) < 4.78 is 5.19. The molecule has 19 heavy (non-hydrogen) atoms. The van der Waals surface area contributed by atoms with Crippen molar-refractivity contribution in [1.29, 1.82) is 0 Å². The van der Waals surface area contributed by atoms with Gasteiger partial charge in [0, 0.05) is 6.04 Å². The van der Waals surface area contributed by atoms with Crippen LogP contribution >= 0.6 is 0 Å². The molecule has 4 nitrogen and oxygen atoms in total. The maximum atomic E-state index is 11.8. The maximum absolute atomic E-state index is 11.8. The molecule has 1 unspecified atom stereocenters. The van der Waals surface area contributed by atoms with Gasteiger partial charge in [0.15, 0.2) is 0 Å².